The lowest BCUT2D eigenvalue weighted by Crippen LogP contribution is -2.31. The van der Waals surface area contributed by atoms with E-state index in [1.807, 2.05) is 0 Å². The Morgan fingerprint density at radius 2 is 1.16 bits per heavy atom. The maximum Gasteiger partial charge on any atom is 0.333 e. The first-order valence-corrected chi connectivity index (χ1v) is 33.1. The van der Waals surface area contributed by atoms with Gasteiger partial charge in [0.25, 0.3) is 11.8 Å². The number of amides is 2. The minimum absolute atomic E-state index is 0.00147. The van der Waals surface area contributed by atoms with Gasteiger partial charge >= 0.3 is 11.9 Å². The Morgan fingerprint density at radius 3 is 1.73 bits per heavy atom. The van der Waals surface area contributed by atoms with E-state index < -0.39 is 23.8 Å². The Balaban J connectivity index is 1.07. The van der Waals surface area contributed by atoms with Gasteiger partial charge in [-0.1, -0.05) is 32.6 Å². The van der Waals surface area contributed by atoms with Crippen molar-refractivity contribution < 1.29 is 90.7 Å². The molecule has 0 radical (unpaired) electrons. The maximum atomic E-state index is 14.4. The van der Waals surface area contributed by atoms with E-state index in [1.165, 1.54) is 0 Å². The third-order valence-corrected chi connectivity index (χ3v) is 17.1. The van der Waals surface area contributed by atoms with Gasteiger partial charge in [-0.05, 0) is 127 Å². The molecule has 1 aromatic carbocycles. The molecule has 7 aliphatic rings. The molecule has 2 atom stereocenters. The molecular weight excluding hydrogens is 1220 g/mol. The van der Waals surface area contributed by atoms with Crippen LogP contribution in [0.1, 0.15) is 118 Å². The number of carbonyl (C=O) groups is 4. The van der Waals surface area contributed by atoms with Crippen molar-refractivity contribution in [3.63, 3.8) is 0 Å². The number of fused-ring (bicyclic) bond motifs is 5. The number of aliphatic imine (C=N–C) groups is 3. The lowest BCUT2D eigenvalue weighted by molar-refractivity contribution is -0.197. The number of aliphatic hydroxyl groups excluding tert-OH is 1. The zero-order chi connectivity index (χ0) is 67.6. The van der Waals surface area contributed by atoms with E-state index in [2.05, 4.69) is 65.5 Å². The first-order chi connectivity index (χ1) is 46.2. The molecule has 2 aliphatic carbocycles. The summed E-state index contributed by atoms with van der Waals surface area (Å²) < 4.78 is 74.6. The van der Waals surface area contributed by atoms with Crippen LogP contribution in [0.15, 0.2) is 118 Å². The third kappa shape index (κ3) is 19.9. The van der Waals surface area contributed by atoms with Gasteiger partial charge in [-0.3, -0.25) is 19.4 Å². The number of hydrogen-bond donors (Lipinski definition) is 1. The molecule has 5 heterocycles. The molecule has 1 fully saturated rings. The molecule has 95 heavy (non-hydrogen) atoms. The number of rotatable bonds is 41. The van der Waals surface area contributed by atoms with E-state index in [0.29, 0.717) is 143 Å². The van der Waals surface area contributed by atoms with E-state index >= 15 is 0 Å². The van der Waals surface area contributed by atoms with Crippen LogP contribution in [-0.4, -0.2) is 191 Å². The average molecular weight is 1320 g/mol. The molecule has 0 aromatic heterocycles. The number of unbranched alkanes of at least 4 members (excludes halogenated alkanes) is 1. The molecule has 23 nitrogen and oxygen atoms in total. The summed E-state index contributed by atoms with van der Waals surface area (Å²) in [5, 5.41) is 12.5. The SMILES string of the molecule is CCC1=C(C)C2=NC1=CC1=C(C)C3=C(O)CC(=C3C1)C1=NC(=C(C#CCCCC(=O)ON3C(=O)CCC3=O)C3=NC(=C2)C(CC)=C3C)[C@@H](C)[C@@H]1CCC(=O)OCc1cc(OCCOCCOCCOC)c(OCCOCCOCCOC)c(OCCOCCOCCOC)c1. The molecule has 0 saturated carbocycles. The lowest BCUT2D eigenvalue weighted by Gasteiger charge is -2.21. The monoisotopic (exact) mass is 1320 g/mol. The van der Waals surface area contributed by atoms with Gasteiger partial charge in [0.05, 0.1) is 133 Å². The lowest BCUT2D eigenvalue weighted by atomic mass is 9.81. The summed E-state index contributed by atoms with van der Waals surface area (Å²) >= 11 is 0. The quantitative estimate of drug-likeness (QED) is 0.0277. The van der Waals surface area contributed by atoms with Crippen molar-refractivity contribution in [1.82, 2.24) is 5.06 Å². The van der Waals surface area contributed by atoms with Gasteiger partial charge in [0, 0.05) is 83.0 Å². The third-order valence-electron chi connectivity index (χ3n) is 17.1. The van der Waals surface area contributed by atoms with Gasteiger partial charge in [-0.15, -0.1) is 5.06 Å². The second-order valence-electron chi connectivity index (χ2n) is 23.4. The van der Waals surface area contributed by atoms with Gasteiger partial charge in [-0.2, -0.15) is 0 Å². The summed E-state index contributed by atoms with van der Waals surface area (Å²) in [6.45, 7) is 18.5. The number of imide groups is 1. The number of hydroxylamine groups is 2. The number of nitrogens with zero attached hydrogens (tertiary/aromatic N) is 4. The fourth-order valence-corrected chi connectivity index (χ4v) is 12.1. The van der Waals surface area contributed by atoms with Crippen LogP contribution in [0.3, 0.4) is 0 Å². The topological polar surface area (TPSA) is 258 Å². The number of ether oxygens (including phenoxy) is 13. The Bertz CT molecular complexity index is 3320. The molecule has 8 bridgehead atoms. The van der Waals surface area contributed by atoms with Gasteiger partial charge in [-0.25, -0.2) is 14.8 Å². The standard InChI is InChI=1S/C72H94N4O19/c1-10-52-47(4)58-44-60-53(11-2)48(5)69(74-60)55(15-13-12-14-16-67(81)95-76-64(78)18-19-65(76)79)70-49(6)54(71(75-70)57-43-61(77)68-46(3)51(41-56(57)68)42-59(52)73-58)17-20-66(80)94-45-50-39-62(91-36-33-88-30-27-85-24-21-82-7)72(93-38-35-90-32-29-87-26-23-84-9)63(40-50)92-37-34-89-31-28-86-25-22-83-8/h39-40,42,44,49,54,77H,10-12,14,16-38,41,43,45H2,1-9H3/t49-,54-/m0/s1. The van der Waals surface area contributed by atoms with E-state index in [0.717, 1.165) is 79.4 Å². The Hall–Kier alpha value is -7.37. The highest BCUT2D eigenvalue weighted by atomic mass is 16.7. The van der Waals surface area contributed by atoms with E-state index in [4.69, 9.17) is 81.4 Å². The van der Waals surface area contributed by atoms with Gasteiger partial charge in [0.15, 0.2) is 11.5 Å². The molecule has 1 aromatic rings. The molecule has 0 unspecified atom stereocenters. The van der Waals surface area contributed by atoms with Crippen molar-refractivity contribution in [2.24, 2.45) is 26.8 Å². The van der Waals surface area contributed by atoms with Crippen molar-refractivity contribution in [3.8, 4) is 29.1 Å². The average Bonchev–Trinajstić information content (AvgIpc) is 1.60. The van der Waals surface area contributed by atoms with Crippen LogP contribution in [0.4, 0.5) is 0 Å². The minimum atomic E-state index is -0.703. The number of esters is 1. The van der Waals surface area contributed by atoms with E-state index in [1.54, 1.807) is 33.5 Å². The van der Waals surface area contributed by atoms with Crippen molar-refractivity contribution in [2.75, 3.05) is 140 Å². The highest BCUT2D eigenvalue weighted by Gasteiger charge is 2.43. The first-order valence-electron chi connectivity index (χ1n) is 33.1. The van der Waals surface area contributed by atoms with E-state index in [-0.39, 0.29) is 109 Å². The largest absolute Gasteiger partial charge is 0.511 e. The molecule has 23 heteroatoms. The number of hydrogen-bond acceptors (Lipinski definition) is 22. The molecule has 1 N–H and O–H groups in total. The molecule has 2 amide bonds. The van der Waals surface area contributed by atoms with Gasteiger partial charge < -0.3 is 71.5 Å². The Labute approximate surface area is 557 Å². The van der Waals surface area contributed by atoms with Crippen molar-refractivity contribution >= 4 is 40.9 Å². The molecule has 8 rings (SSSR count). The Kier molecular flexibility index (Phi) is 29.2. The molecule has 1 saturated heterocycles. The zero-order valence-electron chi connectivity index (χ0n) is 56.8. The summed E-state index contributed by atoms with van der Waals surface area (Å²) in [6.07, 6.45) is 7.35. The maximum absolute atomic E-state index is 14.4. The number of methoxy groups -OCH3 is 3. The summed E-state index contributed by atoms with van der Waals surface area (Å²) in [7, 11) is 4.85. The summed E-state index contributed by atoms with van der Waals surface area (Å²) in [5.41, 5.74) is 14.8. The first kappa shape index (κ1) is 73.4. The Morgan fingerprint density at radius 1 is 0.621 bits per heavy atom. The van der Waals surface area contributed by atoms with Crippen LogP contribution < -0.4 is 14.2 Å². The van der Waals surface area contributed by atoms with Crippen LogP contribution in [0.25, 0.3) is 0 Å². The second-order valence-corrected chi connectivity index (χ2v) is 23.4. The van der Waals surface area contributed by atoms with Gasteiger partial charge in [0.1, 0.15) is 32.2 Å². The predicted molar refractivity (Wildman–Crippen MR) is 354 cm³/mol. The summed E-state index contributed by atoms with van der Waals surface area (Å²) in [6, 6.07) is 3.52. The fraction of sp³-hybridized carbons (Fsp3) is 0.569. The van der Waals surface area contributed by atoms with Crippen molar-refractivity contribution in [3.05, 3.63) is 108 Å². The van der Waals surface area contributed by atoms with Gasteiger partial charge in [0.2, 0.25) is 5.75 Å². The number of carbonyl (C=O) groups excluding carboxylic acids is 4. The second kappa shape index (κ2) is 37.8. The van der Waals surface area contributed by atoms with Crippen LogP contribution in [0.5, 0.6) is 17.2 Å². The summed E-state index contributed by atoms with van der Waals surface area (Å²) in [4.78, 5) is 73.0. The molecule has 0 spiro atoms. The smallest absolute Gasteiger partial charge is 0.333 e. The fourth-order valence-electron chi connectivity index (χ4n) is 12.1. The van der Waals surface area contributed by atoms with Crippen molar-refractivity contribution in [2.45, 2.75) is 119 Å². The number of allylic oxidation sites excluding steroid dienone is 13. The molecule has 5 aliphatic heterocycles. The van der Waals surface area contributed by atoms with Crippen LogP contribution in [0.2, 0.25) is 0 Å². The molecule has 516 valence electrons. The zero-order valence-corrected chi connectivity index (χ0v) is 56.8. The minimum Gasteiger partial charge on any atom is -0.511 e. The predicted octanol–water partition coefficient (Wildman–Crippen LogP) is 9.80. The summed E-state index contributed by atoms with van der Waals surface area (Å²) in [5.74, 6) is 5.17. The number of benzene rings is 1. The van der Waals surface area contributed by atoms with Crippen molar-refractivity contribution in [1.29, 1.82) is 0 Å². The van der Waals surface area contributed by atoms with Crippen LogP contribution >= 0.6 is 0 Å². The van der Waals surface area contributed by atoms with Crippen LogP contribution in [0, 0.1) is 23.7 Å². The normalized spacial score (nSPS) is 18.3. The highest BCUT2D eigenvalue weighted by molar-refractivity contribution is 6.20. The highest BCUT2D eigenvalue weighted by Crippen LogP contribution is 2.51. The van der Waals surface area contributed by atoms with Crippen LogP contribution in [-0.2, 0) is 78.0 Å². The van der Waals surface area contributed by atoms with E-state index in [9.17, 15) is 24.3 Å². The number of aliphatic hydroxyl groups is 1. The molecular formula is C72H94N4O19.